The summed E-state index contributed by atoms with van der Waals surface area (Å²) in [6.45, 7) is 2.09. The number of hydrogen-bond acceptors (Lipinski definition) is 5. The van der Waals surface area contributed by atoms with Crippen molar-refractivity contribution in [1.82, 2.24) is 5.32 Å². The Bertz CT molecular complexity index is 415. The SMILES string of the molecule is O=[N+]([O-])c1cc(Br)ccc1CNCCCOCCO. The maximum absolute atomic E-state index is 10.9. The van der Waals surface area contributed by atoms with E-state index in [0.29, 0.717) is 36.3 Å². The smallest absolute Gasteiger partial charge is 0.275 e. The van der Waals surface area contributed by atoms with Gasteiger partial charge >= 0.3 is 0 Å². The van der Waals surface area contributed by atoms with Crippen molar-refractivity contribution in [1.29, 1.82) is 0 Å². The standard InChI is InChI=1S/C12H17BrN2O4/c13-11-3-2-10(12(8-11)15(17)18)9-14-4-1-6-19-7-5-16/h2-3,8,14,16H,1,4-7,9H2. The molecule has 106 valence electrons. The first kappa shape index (κ1) is 16.0. The van der Waals surface area contributed by atoms with Gasteiger partial charge in [-0.1, -0.05) is 15.9 Å². The zero-order chi connectivity index (χ0) is 14.1. The van der Waals surface area contributed by atoms with Crippen LogP contribution in [-0.4, -0.2) is 36.4 Å². The van der Waals surface area contributed by atoms with Gasteiger partial charge in [-0.25, -0.2) is 0 Å². The number of aliphatic hydroxyl groups is 1. The van der Waals surface area contributed by atoms with Gasteiger partial charge in [0.05, 0.1) is 18.1 Å². The fraction of sp³-hybridized carbons (Fsp3) is 0.500. The highest BCUT2D eigenvalue weighted by atomic mass is 79.9. The number of ether oxygens (including phenoxy) is 1. The highest BCUT2D eigenvalue weighted by Gasteiger charge is 2.13. The van der Waals surface area contributed by atoms with Crippen molar-refractivity contribution in [2.75, 3.05) is 26.4 Å². The molecule has 0 saturated carbocycles. The van der Waals surface area contributed by atoms with E-state index in [1.165, 1.54) is 6.07 Å². The third kappa shape index (κ3) is 6.11. The lowest BCUT2D eigenvalue weighted by molar-refractivity contribution is -0.385. The predicted molar refractivity (Wildman–Crippen MR) is 75.0 cm³/mol. The zero-order valence-electron chi connectivity index (χ0n) is 10.5. The van der Waals surface area contributed by atoms with E-state index in [2.05, 4.69) is 21.2 Å². The Labute approximate surface area is 120 Å². The second-order valence-electron chi connectivity index (χ2n) is 3.90. The van der Waals surface area contributed by atoms with Gasteiger partial charge in [0.25, 0.3) is 5.69 Å². The molecule has 1 aromatic rings. The Morgan fingerprint density at radius 2 is 2.21 bits per heavy atom. The zero-order valence-corrected chi connectivity index (χ0v) is 12.1. The molecule has 0 aliphatic carbocycles. The summed E-state index contributed by atoms with van der Waals surface area (Å²) in [6.07, 6.45) is 0.796. The molecular weight excluding hydrogens is 316 g/mol. The minimum Gasteiger partial charge on any atom is -0.394 e. The van der Waals surface area contributed by atoms with Gasteiger partial charge in [-0.3, -0.25) is 10.1 Å². The summed E-state index contributed by atoms with van der Waals surface area (Å²) in [7, 11) is 0. The quantitative estimate of drug-likeness (QED) is 0.409. The van der Waals surface area contributed by atoms with Gasteiger partial charge in [-0.05, 0) is 25.1 Å². The average Bonchev–Trinajstić information content (AvgIpc) is 2.39. The molecule has 0 aliphatic rings. The summed E-state index contributed by atoms with van der Waals surface area (Å²) in [5.74, 6) is 0. The molecule has 0 amide bonds. The van der Waals surface area contributed by atoms with Gasteiger partial charge in [0.2, 0.25) is 0 Å². The molecule has 0 aliphatic heterocycles. The van der Waals surface area contributed by atoms with E-state index in [0.717, 1.165) is 6.42 Å². The number of nitro benzene ring substituents is 1. The summed E-state index contributed by atoms with van der Waals surface area (Å²) in [4.78, 5) is 10.5. The second kappa shape index (κ2) is 8.98. The first-order valence-electron chi connectivity index (χ1n) is 5.97. The van der Waals surface area contributed by atoms with Crippen molar-refractivity contribution < 1.29 is 14.8 Å². The number of benzene rings is 1. The van der Waals surface area contributed by atoms with Crippen LogP contribution in [0.1, 0.15) is 12.0 Å². The van der Waals surface area contributed by atoms with E-state index in [-0.39, 0.29) is 17.2 Å². The van der Waals surface area contributed by atoms with Crippen molar-refractivity contribution >= 4 is 21.6 Å². The van der Waals surface area contributed by atoms with Gasteiger partial charge in [0.15, 0.2) is 0 Å². The average molecular weight is 333 g/mol. The molecule has 1 aromatic carbocycles. The van der Waals surface area contributed by atoms with Crippen LogP contribution in [0.3, 0.4) is 0 Å². The normalized spacial score (nSPS) is 10.6. The molecule has 0 saturated heterocycles. The van der Waals surface area contributed by atoms with Crippen LogP contribution in [-0.2, 0) is 11.3 Å². The van der Waals surface area contributed by atoms with Crippen molar-refractivity contribution in [3.05, 3.63) is 38.3 Å². The second-order valence-corrected chi connectivity index (χ2v) is 4.81. The molecule has 6 nitrogen and oxygen atoms in total. The van der Waals surface area contributed by atoms with E-state index in [1.54, 1.807) is 12.1 Å². The highest BCUT2D eigenvalue weighted by molar-refractivity contribution is 9.10. The molecule has 0 radical (unpaired) electrons. The Hall–Kier alpha value is -1.02. The molecule has 7 heteroatoms. The maximum atomic E-state index is 10.9. The van der Waals surface area contributed by atoms with Gasteiger partial charge in [-0.2, -0.15) is 0 Å². The van der Waals surface area contributed by atoms with Crippen LogP contribution in [0.15, 0.2) is 22.7 Å². The summed E-state index contributed by atoms with van der Waals surface area (Å²) in [5.41, 5.74) is 0.767. The van der Waals surface area contributed by atoms with Crippen LogP contribution in [0.5, 0.6) is 0 Å². The van der Waals surface area contributed by atoms with E-state index >= 15 is 0 Å². The lowest BCUT2D eigenvalue weighted by Crippen LogP contribution is -2.17. The Morgan fingerprint density at radius 1 is 1.42 bits per heavy atom. The molecule has 0 atom stereocenters. The Kier molecular flexibility index (Phi) is 7.57. The summed E-state index contributed by atoms with van der Waals surface area (Å²) < 4.78 is 5.80. The molecular formula is C12H17BrN2O4. The number of rotatable bonds is 9. The first-order valence-corrected chi connectivity index (χ1v) is 6.76. The fourth-order valence-corrected chi connectivity index (χ4v) is 1.89. The molecule has 2 N–H and O–H groups in total. The number of nitrogens with one attached hydrogen (secondary N) is 1. The van der Waals surface area contributed by atoms with E-state index in [4.69, 9.17) is 9.84 Å². The van der Waals surface area contributed by atoms with E-state index in [1.807, 2.05) is 0 Å². The molecule has 0 aromatic heterocycles. The Morgan fingerprint density at radius 3 is 2.89 bits per heavy atom. The van der Waals surface area contributed by atoms with Crippen LogP contribution in [0, 0.1) is 10.1 Å². The first-order chi connectivity index (χ1) is 9.15. The molecule has 1 rings (SSSR count). The number of nitrogens with zero attached hydrogens (tertiary/aromatic N) is 1. The lowest BCUT2D eigenvalue weighted by Gasteiger charge is -2.06. The molecule has 0 bridgehead atoms. The van der Waals surface area contributed by atoms with Gasteiger partial charge in [0, 0.05) is 29.3 Å². The van der Waals surface area contributed by atoms with Gasteiger partial charge < -0.3 is 15.2 Å². The molecule has 0 unspecified atom stereocenters. The van der Waals surface area contributed by atoms with Crippen LogP contribution in [0.4, 0.5) is 5.69 Å². The van der Waals surface area contributed by atoms with Crippen molar-refractivity contribution in [3.8, 4) is 0 Å². The topological polar surface area (TPSA) is 84.6 Å². The molecule has 0 spiro atoms. The maximum Gasteiger partial charge on any atom is 0.275 e. The molecule has 19 heavy (non-hydrogen) atoms. The van der Waals surface area contributed by atoms with Gasteiger partial charge in [-0.15, -0.1) is 0 Å². The number of nitro groups is 1. The summed E-state index contributed by atoms with van der Waals surface area (Å²) in [6, 6.07) is 5.02. The van der Waals surface area contributed by atoms with Crippen LogP contribution in [0.25, 0.3) is 0 Å². The fourth-order valence-electron chi connectivity index (χ4n) is 1.55. The van der Waals surface area contributed by atoms with Crippen molar-refractivity contribution in [3.63, 3.8) is 0 Å². The predicted octanol–water partition coefficient (Wildman–Crippen LogP) is 1.85. The van der Waals surface area contributed by atoms with Crippen molar-refractivity contribution in [2.45, 2.75) is 13.0 Å². The summed E-state index contributed by atoms with van der Waals surface area (Å²) >= 11 is 3.22. The third-order valence-corrected chi connectivity index (χ3v) is 2.93. The number of hydrogen-bond donors (Lipinski definition) is 2. The van der Waals surface area contributed by atoms with Crippen LogP contribution < -0.4 is 5.32 Å². The monoisotopic (exact) mass is 332 g/mol. The molecule has 0 heterocycles. The van der Waals surface area contributed by atoms with Crippen LogP contribution >= 0.6 is 15.9 Å². The minimum absolute atomic E-state index is 0.0263. The lowest BCUT2D eigenvalue weighted by atomic mass is 10.2. The third-order valence-electron chi connectivity index (χ3n) is 2.44. The largest absolute Gasteiger partial charge is 0.394 e. The number of halogens is 1. The van der Waals surface area contributed by atoms with E-state index < -0.39 is 0 Å². The minimum atomic E-state index is -0.383. The highest BCUT2D eigenvalue weighted by Crippen LogP contribution is 2.23. The van der Waals surface area contributed by atoms with Crippen molar-refractivity contribution in [2.24, 2.45) is 0 Å². The van der Waals surface area contributed by atoms with Crippen LogP contribution in [0.2, 0.25) is 0 Å². The summed E-state index contributed by atoms with van der Waals surface area (Å²) in [5, 5.41) is 22.5. The van der Waals surface area contributed by atoms with Gasteiger partial charge in [0.1, 0.15) is 0 Å². The number of aliphatic hydroxyl groups excluding tert-OH is 1. The molecule has 0 fully saturated rings. The Balaban J connectivity index is 2.35. The van der Waals surface area contributed by atoms with E-state index in [9.17, 15) is 10.1 Å².